The normalized spacial score (nSPS) is 41.0. The van der Waals surface area contributed by atoms with Crippen molar-refractivity contribution < 1.29 is 14.9 Å². The predicted molar refractivity (Wildman–Crippen MR) is 129 cm³/mol. The minimum absolute atomic E-state index is 0.139. The van der Waals surface area contributed by atoms with Gasteiger partial charge in [0.15, 0.2) is 0 Å². The van der Waals surface area contributed by atoms with Crippen LogP contribution >= 0.6 is 0 Å². The van der Waals surface area contributed by atoms with Gasteiger partial charge < -0.3 is 20.7 Å². The third-order valence-electron chi connectivity index (χ3n) is 9.38. The molecule has 180 valence electrons. The molecular weight excluding hydrogens is 400 g/mol. The van der Waals surface area contributed by atoms with Gasteiger partial charge in [-0.1, -0.05) is 38.2 Å². The molecule has 4 fully saturated rings. The molecule has 4 N–H and O–H groups in total. The van der Waals surface area contributed by atoms with Crippen LogP contribution in [0.15, 0.2) is 35.5 Å². The Morgan fingerprint density at radius 2 is 1.88 bits per heavy atom. The topological polar surface area (TPSA) is 79.0 Å². The molecule has 1 saturated heterocycles. The van der Waals surface area contributed by atoms with Crippen LogP contribution < -0.4 is 5.73 Å². The largest absolute Gasteiger partial charge is 0.388 e. The summed E-state index contributed by atoms with van der Waals surface area (Å²) in [4.78, 5) is 2.55. The molecule has 0 radical (unpaired) electrons. The van der Waals surface area contributed by atoms with Gasteiger partial charge in [0.1, 0.15) is 0 Å². The van der Waals surface area contributed by atoms with E-state index in [4.69, 9.17) is 10.5 Å². The van der Waals surface area contributed by atoms with Crippen molar-refractivity contribution in [2.24, 2.45) is 23.0 Å². The van der Waals surface area contributed by atoms with Crippen LogP contribution in [0.25, 0.3) is 0 Å². The first-order valence-corrected chi connectivity index (χ1v) is 12.8. The van der Waals surface area contributed by atoms with E-state index in [9.17, 15) is 10.2 Å². The van der Waals surface area contributed by atoms with E-state index in [-0.39, 0.29) is 11.0 Å². The lowest BCUT2D eigenvalue weighted by Crippen LogP contribution is -2.56. The van der Waals surface area contributed by atoms with E-state index in [1.54, 1.807) is 0 Å². The summed E-state index contributed by atoms with van der Waals surface area (Å²) in [5.74, 6) is 1.33. The molecule has 0 unspecified atom stereocenters. The summed E-state index contributed by atoms with van der Waals surface area (Å²) in [7, 11) is 0. The Balaban J connectivity index is 1.46. The number of nitrogens with two attached hydrogens (primary N) is 1. The number of aliphatic hydroxyl groups is 2. The third-order valence-corrected chi connectivity index (χ3v) is 9.38. The molecule has 6 atom stereocenters. The second kappa shape index (κ2) is 9.71. The molecule has 32 heavy (non-hydrogen) atoms. The van der Waals surface area contributed by atoms with Crippen LogP contribution in [0.4, 0.5) is 0 Å². The van der Waals surface area contributed by atoms with Gasteiger partial charge >= 0.3 is 0 Å². The van der Waals surface area contributed by atoms with Crippen molar-refractivity contribution >= 4 is 0 Å². The fourth-order valence-electron chi connectivity index (χ4n) is 7.10. The molecule has 0 aromatic carbocycles. The summed E-state index contributed by atoms with van der Waals surface area (Å²) in [6.45, 7) is 13.7. The molecule has 5 nitrogen and oxygen atoms in total. The van der Waals surface area contributed by atoms with Crippen LogP contribution in [-0.4, -0.2) is 65.7 Å². The quantitative estimate of drug-likeness (QED) is 0.565. The van der Waals surface area contributed by atoms with Gasteiger partial charge in [0.2, 0.25) is 0 Å². The highest BCUT2D eigenvalue weighted by Gasteiger charge is 2.58. The summed E-state index contributed by atoms with van der Waals surface area (Å²) < 4.78 is 5.50. The number of aliphatic hydroxyl groups excluding tert-OH is 2. The molecule has 4 rings (SSSR count). The smallest absolute Gasteiger partial charge is 0.0809 e. The molecule has 3 saturated carbocycles. The maximum atomic E-state index is 10.2. The van der Waals surface area contributed by atoms with Crippen LogP contribution in [0.2, 0.25) is 0 Å². The van der Waals surface area contributed by atoms with Crippen molar-refractivity contribution in [3.8, 4) is 0 Å². The number of hydrogen-bond donors (Lipinski definition) is 3. The second-order valence-corrected chi connectivity index (χ2v) is 11.1. The molecule has 5 heteroatoms. The Bertz CT molecular complexity index is 740. The van der Waals surface area contributed by atoms with Crippen molar-refractivity contribution in [3.05, 3.63) is 35.5 Å². The molecule has 1 aliphatic heterocycles. The first-order chi connectivity index (χ1) is 15.2. The summed E-state index contributed by atoms with van der Waals surface area (Å²) in [6.07, 6.45) is 11.2. The fourth-order valence-corrected chi connectivity index (χ4v) is 7.10. The number of allylic oxidation sites excluding steroid dienone is 2. The van der Waals surface area contributed by atoms with Crippen molar-refractivity contribution in [2.45, 2.75) is 83.0 Å². The van der Waals surface area contributed by atoms with Crippen LogP contribution in [0.3, 0.4) is 0 Å². The SMILES string of the molecule is C=C1[C@H](O)CC(=C/C=C2\CCC[C@]3(C)[C@@H]([C@H](C)CCN4CCOCC4)CC[C@@]23N)C[C@H]1O. The van der Waals surface area contributed by atoms with Crippen LogP contribution in [0.1, 0.15) is 65.2 Å². The molecule has 3 aliphatic carbocycles. The minimum atomic E-state index is -0.643. The zero-order valence-corrected chi connectivity index (χ0v) is 20.2. The van der Waals surface area contributed by atoms with E-state index < -0.39 is 12.2 Å². The van der Waals surface area contributed by atoms with Gasteiger partial charge in [0.25, 0.3) is 0 Å². The molecule has 0 aromatic rings. The fraction of sp³-hybridized carbons (Fsp3) is 0.778. The number of hydrogen-bond acceptors (Lipinski definition) is 5. The third kappa shape index (κ3) is 4.52. The van der Waals surface area contributed by atoms with Crippen LogP contribution in [-0.2, 0) is 4.74 Å². The van der Waals surface area contributed by atoms with Gasteiger partial charge in [-0.3, -0.25) is 4.90 Å². The van der Waals surface area contributed by atoms with Crippen molar-refractivity contribution in [1.29, 1.82) is 0 Å². The first-order valence-electron chi connectivity index (χ1n) is 12.8. The molecule has 0 aromatic heterocycles. The monoisotopic (exact) mass is 444 g/mol. The van der Waals surface area contributed by atoms with E-state index in [1.165, 1.54) is 37.8 Å². The molecule has 0 bridgehead atoms. The van der Waals surface area contributed by atoms with Crippen molar-refractivity contribution in [1.82, 2.24) is 4.90 Å². The van der Waals surface area contributed by atoms with Gasteiger partial charge in [-0.05, 0) is 86.3 Å². The first kappa shape index (κ1) is 24.2. The summed E-state index contributed by atoms with van der Waals surface area (Å²) in [5.41, 5.74) is 10.2. The van der Waals surface area contributed by atoms with Gasteiger partial charge in [-0.2, -0.15) is 0 Å². The van der Waals surface area contributed by atoms with Crippen molar-refractivity contribution in [3.63, 3.8) is 0 Å². The van der Waals surface area contributed by atoms with Gasteiger partial charge in [-0.25, -0.2) is 0 Å². The Morgan fingerprint density at radius 3 is 2.56 bits per heavy atom. The van der Waals surface area contributed by atoms with E-state index in [0.29, 0.717) is 30.3 Å². The van der Waals surface area contributed by atoms with Crippen LogP contribution in [0, 0.1) is 17.3 Å². The summed E-state index contributed by atoms with van der Waals surface area (Å²) in [6, 6.07) is 0. The highest BCUT2D eigenvalue weighted by molar-refractivity contribution is 5.35. The lowest BCUT2D eigenvalue weighted by Gasteiger charge is -2.51. The number of fused-ring (bicyclic) bond motifs is 1. The van der Waals surface area contributed by atoms with Gasteiger partial charge in [-0.15, -0.1) is 0 Å². The highest BCUT2D eigenvalue weighted by Crippen LogP contribution is 2.61. The molecule has 0 amide bonds. The average Bonchev–Trinajstić information content (AvgIpc) is 3.06. The standard InChI is InChI=1S/C27H44N2O3/c1-19(9-12-29-13-15-32-16-14-29)23-8-11-27(28)22(5-4-10-26(23,27)3)7-6-21-17-24(30)20(2)25(31)18-21/h6-7,19,23-25,30-31H,2,4-5,8-18,28H2,1,3H3/b22-7+/t19-,23-,24-,25-,26-,27-/m1/s1. The summed E-state index contributed by atoms with van der Waals surface area (Å²) in [5, 5.41) is 20.4. The van der Waals surface area contributed by atoms with Gasteiger partial charge in [0, 0.05) is 18.6 Å². The van der Waals surface area contributed by atoms with Crippen molar-refractivity contribution in [2.75, 3.05) is 32.8 Å². The Kier molecular flexibility index (Phi) is 7.33. The lowest BCUT2D eigenvalue weighted by atomic mass is 9.57. The zero-order chi connectivity index (χ0) is 22.9. The number of rotatable bonds is 5. The Hall–Kier alpha value is -0.980. The highest BCUT2D eigenvalue weighted by atomic mass is 16.5. The molecular formula is C27H44N2O3. The molecule has 0 spiro atoms. The number of ether oxygens (including phenoxy) is 1. The number of nitrogens with zero attached hydrogens (tertiary/aromatic N) is 1. The summed E-state index contributed by atoms with van der Waals surface area (Å²) >= 11 is 0. The maximum absolute atomic E-state index is 10.2. The average molecular weight is 445 g/mol. The Labute approximate surface area is 194 Å². The predicted octanol–water partition coefficient (Wildman–Crippen LogP) is 3.57. The molecule has 1 heterocycles. The van der Waals surface area contributed by atoms with Gasteiger partial charge in [0.05, 0.1) is 25.4 Å². The zero-order valence-electron chi connectivity index (χ0n) is 20.2. The van der Waals surface area contributed by atoms with E-state index in [1.807, 2.05) is 0 Å². The Morgan fingerprint density at radius 1 is 1.19 bits per heavy atom. The van der Waals surface area contributed by atoms with Crippen LogP contribution in [0.5, 0.6) is 0 Å². The maximum Gasteiger partial charge on any atom is 0.0809 e. The van der Waals surface area contributed by atoms with E-state index in [2.05, 4.69) is 37.5 Å². The molecule has 4 aliphatic rings. The van der Waals surface area contributed by atoms with E-state index >= 15 is 0 Å². The second-order valence-electron chi connectivity index (χ2n) is 11.1. The lowest BCUT2D eigenvalue weighted by molar-refractivity contribution is 0.0284. The van der Waals surface area contributed by atoms with E-state index in [0.717, 1.165) is 44.7 Å². The minimum Gasteiger partial charge on any atom is -0.388 e. The number of morpholine rings is 1.